The highest BCUT2D eigenvalue weighted by atomic mass is 16.5. The molecule has 0 amide bonds. The van der Waals surface area contributed by atoms with Crippen molar-refractivity contribution in [2.75, 3.05) is 32.1 Å². The summed E-state index contributed by atoms with van der Waals surface area (Å²) in [5.74, 6) is 1.99. The lowest BCUT2D eigenvalue weighted by molar-refractivity contribution is 0.415. The number of likely N-dealkylation sites (N-methyl/N-ethyl adjacent to an activating group) is 1. The summed E-state index contributed by atoms with van der Waals surface area (Å²) < 4.78 is 5.30. The van der Waals surface area contributed by atoms with Gasteiger partial charge < -0.3 is 15.0 Å². The van der Waals surface area contributed by atoms with Crippen LogP contribution in [0.2, 0.25) is 0 Å². The molecule has 1 aliphatic heterocycles. The van der Waals surface area contributed by atoms with Crippen LogP contribution in [0.1, 0.15) is 12.8 Å². The smallest absolute Gasteiger partial charge is 0.136 e. The highest BCUT2D eigenvalue weighted by molar-refractivity contribution is 5.93. The van der Waals surface area contributed by atoms with E-state index in [2.05, 4.69) is 27.3 Å². The van der Waals surface area contributed by atoms with Crippen LogP contribution in [0.25, 0.3) is 10.8 Å². The van der Waals surface area contributed by atoms with E-state index < -0.39 is 0 Å². The first-order valence-electron chi connectivity index (χ1n) is 7.17. The second-order valence-electron chi connectivity index (χ2n) is 5.27. The molecule has 1 fully saturated rings. The van der Waals surface area contributed by atoms with E-state index in [9.17, 15) is 0 Å². The van der Waals surface area contributed by atoms with Crippen LogP contribution in [-0.4, -0.2) is 38.3 Å². The zero-order valence-electron chi connectivity index (χ0n) is 12.1. The molecule has 0 aliphatic carbocycles. The van der Waals surface area contributed by atoms with Crippen LogP contribution >= 0.6 is 0 Å². The maximum absolute atomic E-state index is 5.30. The summed E-state index contributed by atoms with van der Waals surface area (Å²) in [4.78, 5) is 7.07. The molecule has 3 rings (SSSR count). The van der Waals surface area contributed by atoms with Crippen molar-refractivity contribution in [1.82, 2.24) is 10.3 Å². The Hall–Kier alpha value is -1.81. The number of aromatic nitrogens is 1. The molecular weight excluding hydrogens is 250 g/mol. The molecule has 4 nitrogen and oxygen atoms in total. The third-order valence-electron chi connectivity index (χ3n) is 4.04. The van der Waals surface area contributed by atoms with E-state index in [0.717, 1.165) is 24.7 Å². The summed E-state index contributed by atoms with van der Waals surface area (Å²) in [6, 6.07) is 8.79. The molecular formula is C16H21N3O. The van der Waals surface area contributed by atoms with Gasteiger partial charge in [-0.1, -0.05) is 0 Å². The van der Waals surface area contributed by atoms with E-state index in [1.165, 1.54) is 23.6 Å². The summed E-state index contributed by atoms with van der Waals surface area (Å²) >= 11 is 0. The third kappa shape index (κ3) is 2.31. The normalized spacial score (nSPS) is 18.7. The lowest BCUT2D eigenvalue weighted by Crippen LogP contribution is -2.37. The number of pyridine rings is 1. The number of anilines is 1. The largest absolute Gasteiger partial charge is 0.497 e. The number of hydrogen-bond donors (Lipinski definition) is 1. The van der Waals surface area contributed by atoms with Crippen LogP contribution in [0.3, 0.4) is 0 Å². The van der Waals surface area contributed by atoms with Crippen molar-refractivity contribution in [2.45, 2.75) is 18.9 Å². The summed E-state index contributed by atoms with van der Waals surface area (Å²) in [5, 5.41) is 5.68. The van der Waals surface area contributed by atoms with Gasteiger partial charge in [-0.15, -0.1) is 0 Å². The van der Waals surface area contributed by atoms with Crippen LogP contribution < -0.4 is 15.0 Å². The molecule has 20 heavy (non-hydrogen) atoms. The quantitative estimate of drug-likeness (QED) is 0.927. The molecule has 2 aromatic rings. The molecule has 0 bridgehead atoms. The molecule has 1 unspecified atom stereocenters. The predicted molar refractivity (Wildman–Crippen MR) is 82.6 cm³/mol. The first-order chi connectivity index (χ1) is 9.83. The Balaban J connectivity index is 2.02. The molecule has 1 atom stereocenters. The minimum Gasteiger partial charge on any atom is -0.497 e. The molecule has 1 aliphatic rings. The monoisotopic (exact) mass is 271 g/mol. The molecule has 4 heteroatoms. The number of fused-ring (bicyclic) bond motifs is 1. The fourth-order valence-corrected chi connectivity index (χ4v) is 3.06. The van der Waals surface area contributed by atoms with Gasteiger partial charge in [-0.05, 0) is 49.5 Å². The summed E-state index contributed by atoms with van der Waals surface area (Å²) in [5.41, 5.74) is 0. The van der Waals surface area contributed by atoms with Crippen molar-refractivity contribution in [1.29, 1.82) is 0 Å². The highest BCUT2D eigenvalue weighted by Gasteiger charge is 2.26. The molecule has 0 radical (unpaired) electrons. The van der Waals surface area contributed by atoms with Gasteiger partial charge >= 0.3 is 0 Å². The van der Waals surface area contributed by atoms with E-state index in [0.29, 0.717) is 6.04 Å². The summed E-state index contributed by atoms with van der Waals surface area (Å²) in [6.45, 7) is 2.10. The van der Waals surface area contributed by atoms with Gasteiger partial charge in [-0.3, -0.25) is 0 Å². The minimum absolute atomic E-state index is 0.542. The molecule has 2 heterocycles. The van der Waals surface area contributed by atoms with Crippen molar-refractivity contribution in [3.05, 3.63) is 30.5 Å². The number of nitrogens with one attached hydrogen (secondary N) is 1. The third-order valence-corrected chi connectivity index (χ3v) is 4.04. The van der Waals surface area contributed by atoms with Crippen molar-refractivity contribution in [2.24, 2.45) is 0 Å². The van der Waals surface area contributed by atoms with E-state index in [-0.39, 0.29) is 0 Å². The van der Waals surface area contributed by atoms with E-state index in [1.54, 1.807) is 7.11 Å². The highest BCUT2D eigenvalue weighted by Crippen LogP contribution is 2.31. The van der Waals surface area contributed by atoms with Crippen molar-refractivity contribution in [3.63, 3.8) is 0 Å². The Bertz CT molecular complexity index is 599. The zero-order chi connectivity index (χ0) is 13.9. The zero-order valence-corrected chi connectivity index (χ0v) is 12.1. The first kappa shape index (κ1) is 13.2. The standard InChI is InChI=1S/C16H21N3O/c1-17-11-13-4-3-9-19(13)16-15-6-5-14(20-2)10-12(15)7-8-18-16/h5-8,10,13,17H,3-4,9,11H2,1-2H3. The Morgan fingerprint density at radius 1 is 1.40 bits per heavy atom. The van der Waals surface area contributed by atoms with E-state index in [4.69, 9.17) is 4.74 Å². The Kier molecular flexibility index (Phi) is 3.74. The number of ether oxygens (including phenoxy) is 1. The second kappa shape index (κ2) is 5.67. The van der Waals surface area contributed by atoms with E-state index >= 15 is 0 Å². The van der Waals surface area contributed by atoms with E-state index in [1.807, 2.05) is 25.4 Å². The first-order valence-corrected chi connectivity index (χ1v) is 7.17. The van der Waals surface area contributed by atoms with Crippen molar-refractivity contribution < 1.29 is 4.74 Å². The maximum atomic E-state index is 5.30. The van der Waals surface area contributed by atoms with Gasteiger partial charge in [0.2, 0.25) is 0 Å². The van der Waals surface area contributed by atoms with Gasteiger partial charge in [-0.2, -0.15) is 0 Å². The minimum atomic E-state index is 0.542. The number of benzene rings is 1. The van der Waals surface area contributed by atoms with Gasteiger partial charge in [0.1, 0.15) is 11.6 Å². The SMILES string of the molecule is CNCC1CCCN1c1nccc2cc(OC)ccc12. The second-order valence-corrected chi connectivity index (χ2v) is 5.27. The summed E-state index contributed by atoms with van der Waals surface area (Å²) in [6.07, 6.45) is 4.36. The molecule has 106 valence electrons. The van der Waals surface area contributed by atoms with Gasteiger partial charge in [0.25, 0.3) is 0 Å². The Morgan fingerprint density at radius 3 is 3.10 bits per heavy atom. The van der Waals surface area contributed by atoms with Crippen LogP contribution in [0.4, 0.5) is 5.82 Å². The number of hydrogen-bond acceptors (Lipinski definition) is 4. The molecule has 1 saturated heterocycles. The Morgan fingerprint density at radius 2 is 2.30 bits per heavy atom. The van der Waals surface area contributed by atoms with Gasteiger partial charge in [0.05, 0.1) is 7.11 Å². The fraction of sp³-hybridized carbons (Fsp3) is 0.438. The average molecular weight is 271 g/mol. The summed E-state index contributed by atoms with van der Waals surface area (Å²) in [7, 11) is 3.71. The maximum Gasteiger partial charge on any atom is 0.136 e. The molecule has 1 aromatic carbocycles. The molecule has 0 saturated carbocycles. The van der Waals surface area contributed by atoms with Crippen LogP contribution in [0, 0.1) is 0 Å². The average Bonchev–Trinajstić information content (AvgIpc) is 2.94. The number of rotatable bonds is 4. The van der Waals surface area contributed by atoms with Crippen molar-refractivity contribution >= 4 is 16.6 Å². The van der Waals surface area contributed by atoms with Crippen LogP contribution in [0.5, 0.6) is 5.75 Å². The molecule has 0 spiro atoms. The molecule has 1 N–H and O–H groups in total. The van der Waals surface area contributed by atoms with Crippen LogP contribution in [0.15, 0.2) is 30.5 Å². The number of methoxy groups -OCH3 is 1. The topological polar surface area (TPSA) is 37.4 Å². The van der Waals surface area contributed by atoms with Gasteiger partial charge in [-0.25, -0.2) is 4.98 Å². The fourth-order valence-electron chi connectivity index (χ4n) is 3.06. The lowest BCUT2D eigenvalue weighted by atomic mass is 10.1. The Labute approximate surface area is 119 Å². The number of nitrogens with zero attached hydrogens (tertiary/aromatic N) is 2. The lowest BCUT2D eigenvalue weighted by Gasteiger charge is -2.26. The molecule has 1 aromatic heterocycles. The van der Waals surface area contributed by atoms with Gasteiger partial charge in [0.15, 0.2) is 0 Å². The van der Waals surface area contributed by atoms with Crippen LogP contribution in [-0.2, 0) is 0 Å². The van der Waals surface area contributed by atoms with Gasteiger partial charge in [0, 0.05) is 30.7 Å². The predicted octanol–water partition coefficient (Wildman–Crippen LogP) is 2.43. The van der Waals surface area contributed by atoms with Crippen molar-refractivity contribution in [3.8, 4) is 5.75 Å².